The SMILES string of the molecule is CCNc1nc(N)c(C(=O)N(C)Cc2cc(Br)cs2)s1. The van der Waals surface area contributed by atoms with Gasteiger partial charge in [-0.25, -0.2) is 4.98 Å². The minimum absolute atomic E-state index is 0.103. The number of hydrogen-bond donors (Lipinski definition) is 2. The number of nitrogen functional groups attached to an aromatic ring is 1. The molecular formula is C12H15BrN4OS2. The first-order valence-electron chi connectivity index (χ1n) is 5.99. The van der Waals surface area contributed by atoms with Crippen LogP contribution in [-0.2, 0) is 6.54 Å². The maximum absolute atomic E-state index is 12.4. The summed E-state index contributed by atoms with van der Waals surface area (Å²) in [4.78, 5) is 19.8. The van der Waals surface area contributed by atoms with Crippen LogP contribution in [0.1, 0.15) is 21.5 Å². The molecule has 8 heteroatoms. The predicted octanol–water partition coefficient (Wildman–Crippen LogP) is 3.25. The van der Waals surface area contributed by atoms with E-state index < -0.39 is 0 Å². The van der Waals surface area contributed by atoms with Crippen molar-refractivity contribution < 1.29 is 4.79 Å². The van der Waals surface area contributed by atoms with Crippen LogP contribution in [-0.4, -0.2) is 29.4 Å². The van der Waals surface area contributed by atoms with Gasteiger partial charge in [0, 0.05) is 28.3 Å². The van der Waals surface area contributed by atoms with Crippen molar-refractivity contribution >= 4 is 55.5 Å². The number of amides is 1. The van der Waals surface area contributed by atoms with E-state index in [1.165, 1.54) is 11.3 Å². The monoisotopic (exact) mass is 374 g/mol. The number of anilines is 2. The van der Waals surface area contributed by atoms with Crippen molar-refractivity contribution in [3.63, 3.8) is 0 Å². The van der Waals surface area contributed by atoms with Crippen molar-refractivity contribution in [2.45, 2.75) is 13.5 Å². The molecule has 20 heavy (non-hydrogen) atoms. The molecule has 2 rings (SSSR count). The zero-order valence-electron chi connectivity index (χ0n) is 11.1. The molecule has 0 spiro atoms. The van der Waals surface area contributed by atoms with E-state index in [0.717, 1.165) is 15.9 Å². The average Bonchev–Trinajstić information content (AvgIpc) is 2.95. The topological polar surface area (TPSA) is 71.2 Å². The summed E-state index contributed by atoms with van der Waals surface area (Å²) in [6.07, 6.45) is 0. The van der Waals surface area contributed by atoms with Crippen LogP contribution in [0.4, 0.5) is 10.9 Å². The summed E-state index contributed by atoms with van der Waals surface area (Å²) in [7, 11) is 1.77. The second-order valence-electron chi connectivity index (χ2n) is 4.16. The van der Waals surface area contributed by atoms with Gasteiger partial charge in [-0.1, -0.05) is 11.3 Å². The van der Waals surface area contributed by atoms with Crippen molar-refractivity contribution in [3.05, 3.63) is 25.7 Å². The summed E-state index contributed by atoms with van der Waals surface area (Å²) in [5.74, 6) is 0.184. The molecule has 2 heterocycles. The van der Waals surface area contributed by atoms with Crippen LogP contribution in [0.3, 0.4) is 0 Å². The second kappa shape index (κ2) is 6.55. The van der Waals surface area contributed by atoms with Gasteiger partial charge < -0.3 is 16.0 Å². The molecule has 2 aromatic heterocycles. The smallest absolute Gasteiger partial charge is 0.267 e. The predicted molar refractivity (Wildman–Crippen MR) is 88.5 cm³/mol. The van der Waals surface area contributed by atoms with Gasteiger partial charge >= 0.3 is 0 Å². The van der Waals surface area contributed by atoms with E-state index in [0.29, 0.717) is 16.6 Å². The highest BCUT2D eigenvalue weighted by Gasteiger charge is 2.20. The average molecular weight is 375 g/mol. The summed E-state index contributed by atoms with van der Waals surface area (Å²) in [5.41, 5.74) is 5.81. The number of nitrogens with one attached hydrogen (secondary N) is 1. The maximum atomic E-state index is 12.4. The van der Waals surface area contributed by atoms with E-state index >= 15 is 0 Å². The van der Waals surface area contributed by atoms with Crippen LogP contribution in [0.25, 0.3) is 0 Å². The summed E-state index contributed by atoms with van der Waals surface area (Å²) in [5, 5.41) is 5.75. The molecule has 0 fully saturated rings. The third-order valence-electron chi connectivity index (χ3n) is 2.54. The molecule has 0 saturated carbocycles. The Morgan fingerprint density at radius 2 is 2.35 bits per heavy atom. The molecule has 108 valence electrons. The molecule has 0 bridgehead atoms. The Morgan fingerprint density at radius 3 is 2.95 bits per heavy atom. The van der Waals surface area contributed by atoms with Gasteiger partial charge in [0.15, 0.2) is 5.13 Å². The molecular weight excluding hydrogens is 360 g/mol. The van der Waals surface area contributed by atoms with Crippen LogP contribution in [0.5, 0.6) is 0 Å². The summed E-state index contributed by atoms with van der Waals surface area (Å²) in [6, 6.07) is 2.01. The number of carbonyl (C=O) groups is 1. The third kappa shape index (κ3) is 3.50. The van der Waals surface area contributed by atoms with Crippen molar-refractivity contribution in [2.24, 2.45) is 0 Å². The number of carbonyl (C=O) groups excluding carboxylic acids is 1. The van der Waals surface area contributed by atoms with Gasteiger partial charge in [0.05, 0.1) is 6.54 Å². The first-order valence-corrected chi connectivity index (χ1v) is 8.48. The van der Waals surface area contributed by atoms with Crippen molar-refractivity contribution in [1.29, 1.82) is 0 Å². The van der Waals surface area contributed by atoms with E-state index in [-0.39, 0.29) is 11.7 Å². The van der Waals surface area contributed by atoms with Crippen LogP contribution < -0.4 is 11.1 Å². The van der Waals surface area contributed by atoms with Gasteiger partial charge in [-0.2, -0.15) is 0 Å². The van der Waals surface area contributed by atoms with E-state index in [4.69, 9.17) is 5.73 Å². The number of aromatic nitrogens is 1. The Hall–Kier alpha value is -1.12. The lowest BCUT2D eigenvalue weighted by molar-refractivity contribution is 0.0792. The van der Waals surface area contributed by atoms with Crippen LogP contribution >= 0.6 is 38.6 Å². The minimum Gasteiger partial charge on any atom is -0.382 e. The van der Waals surface area contributed by atoms with Crippen LogP contribution in [0.15, 0.2) is 15.9 Å². The molecule has 3 N–H and O–H groups in total. The lowest BCUT2D eigenvalue weighted by atomic mass is 10.4. The molecule has 5 nitrogen and oxygen atoms in total. The molecule has 1 amide bonds. The fourth-order valence-corrected chi connectivity index (χ4v) is 4.08. The Morgan fingerprint density at radius 1 is 1.60 bits per heavy atom. The van der Waals surface area contributed by atoms with Gasteiger partial charge in [-0.15, -0.1) is 11.3 Å². The van der Waals surface area contributed by atoms with Crippen molar-refractivity contribution in [2.75, 3.05) is 24.6 Å². The molecule has 0 radical (unpaired) electrons. The molecule has 0 aromatic carbocycles. The number of thiophene rings is 1. The minimum atomic E-state index is -0.103. The number of nitrogens with zero attached hydrogens (tertiary/aromatic N) is 2. The molecule has 0 unspecified atom stereocenters. The van der Waals surface area contributed by atoms with E-state index in [9.17, 15) is 4.79 Å². The van der Waals surface area contributed by atoms with E-state index in [1.54, 1.807) is 23.3 Å². The van der Waals surface area contributed by atoms with E-state index in [2.05, 4.69) is 26.2 Å². The van der Waals surface area contributed by atoms with Gasteiger partial charge in [-0.3, -0.25) is 4.79 Å². The van der Waals surface area contributed by atoms with Crippen molar-refractivity contribution in [1.82, 2.24) is 9.88 Å². The highest BCUT2D eigenvalue weighted by molar-refractivity contribution is 9.10. The Balaban J connectivity index is 2.09. The number of halogens is 1. The Kier molecular flexibility index (Phi) is 5.00. The summed E-state index contributed by atoms with van der Waals surface area (Å²) >= 11 is 6.31. The number of thiazole rings is 1. The molecule has 0 saturated heterocycles. The quantitative estimate of drug-likeness (QED) is 0.842. The van der Waals surface area contributed by atoms with Gasteiger partial charge in [0.1, 0.15) is 10.7 Å². The number of hydrogen-bond acceptors (Lipinski definition) is 6. The summed E-state index contributed by atoms with van der Waals surface area (Å²) in [6.45, 7) is 3.28. The first-order chi connectivity index (χ1) is 9.51. The molecule has 0 aliphatic heterocycles. The zero-order chi connectivity index (χ0) is 14.7. The van der Waals surface area contributed by atoms with Gasteiger partial charge in [0.2, 0.25) is 0 Å². The largest absolute Gasteiger partial charge is 0.382 e. The maximum Gasteiger partial charge on any atom is 0.267 e. The summed E-state index contributed by atoms with van der Waals surface area (Å²) < 4.78 is 1.03. The van der Waals surface area contributed by atoms with Gasteiger partial charge in [-0.05, 0) is 28.9 Å². The molecule has 0 aliphatic rings. The molecule has 0 aliphatic carbocycles. The second-order valence-corrected chi connectivity index (χ2v) is 7.07. The lowest BCUT2D eigenvalue weighted by Gasteiger charge is -2.15. The standard InChI is InChI=1S/C12H15BrN4OS2/c1-3-15-12-16-10(14)9(20-12)11(18)17(2)5-8-4-7(13)6-19-8/h4,6H,3,5,14H2,1-2H3,(H,15,16). The zero-order valence-corrected chi connectivity index (χ0v) is 14.4. The fourth-order valence-electron chi connectivity index (χ4n) is 1.63. The first kappa shape index (κ1) is 15.3. The van der Waals surface area contributed by atoms with Gasteiger partial charge in [0.25, 0.3) is 5.91 Å². The third-order valence-corrected chi connectivity index (χ3v) is 5.24. The molecule has 2 aromatic rings. The number of rotatable bonds is 5. The van der Waals surface area contributed by atoms with Crippen LogP contribution in [0, 0.1) is 0 Å². The molecule has 0 atom stereocenters. The highest BCUT2D eigenvalue weighted by atomic mass is 79.9. The Labute approximate surface area is 133 Å². The normalized spacial score (nSPS) is 10.6. The lowest BCUT2D eigenvalue weighted by Crippen LogP contribution is -2.25. The number of nitrogens with two attached hydrogens (primary N) is 1. The van der Waals surface area contributed by atoms with E-state index in [1.807, 2.05) is 18.4 Å². The fraction of sp³-hybridized carbons (Fsp3) is 0.333. The van der Waals surface area contributed by atoms with Crippen LogP contribution in [0.2, 0.25) is 0 Å². The Bertz CT molecular complexity index is 610. The van der Waals surface area contributed by atoms with Crippen molar-refractivity contribution in [3.8, 4) is 0 Å². The highest BCUT2D eigenvalue weighted by Crippen LogP contribution is 2.27.